The number of esters is 1. The second kappa shape index (κ2) is 6.84. The zero-order valence-corrected chi connectivity index (χ0v) is 16.2. The predicted molar refractivity (Wildman–Crippen MR) is 105 cm³/mol. The highest BCUT2D eigenvalue weighted by Gasteiger charge is 2.38. The third-order valence-electron chi connectivity index (χ3n) is 4.82. The summed E-state index contributed by atoms with van der Waals surface area (Å²) in [5.74, 6) is -0.892. The number of halogens is 1. The maximum atomic E-state index is 13.5. The molecule has 0 spiro atoms. The van der Waals surface area contributed by atoms with E-state index in [0.717, 1.165) is 11.1 Å². The van der Waals surface area contributed by atoms with Gasteiger partial charge in [0.05, 0.1) is 17.9 Å². The molecule has 1 amide bonds. The molecule has 148 valence electrons. The minimum Gasteiger partial charge on any atom is -0.482 e. The second-order valence-corrected chi connectivity index (χ2v) is 7.20. The van der Waals surface area contributed by atoms with Crippen molar-refractivity contribution in [3.05, 3.63) is 71.0 Å². The van der Waals surface area contributed by atoms with Crippen LogP contribution < -0.4 is 5.32 Å². The van der Waals surface area contributed by atoms with Crippen LogP contribution in [0.2, 0.25) is 0 Å². The van der Waals surface area contributed by atoms with Gasteiger partial charge in [-0.05, 0) is 62.7 Å². The van der Waals surface area contributed by atoms with E-state index in [1.807, 2.05) is 13.8 Å². The number of allylic oxidation sites excluding steroid dienone is 1. The van der Waals surface area contributed by atoms with Gasteiger partial charge in [-0.3, -0.25) is 4.79 Å². The van der Waals surface area contributed by atoms with Crippen LogP contribution in [0.4, 0.5) is 10.1 Å². The van der Waals surface area contributed by atoms with E-state index in [2.05, 4.69) is 10.3 Å². The molecule has 7 heteroatoms. The summed E-state index contributed by atoms with van der Waals surface area (Å²) < 4.78 is 24.6. The Kier molecular flexibility index (Phi) is 4.45. The van der Waals surface area contributed by atoms with Crippen LogP contribution in [0, 0.1) is 5.82 Å². The number of ether oxygens (including phenoxy) is 2. The van der Waals surface area contributed by atoms with Gasteiger partial charge in [-0.1, -0.05) is 0 Å². The van der Waals surface area contributed by atoms with Gasteiger partial charge in [0.15, 0.2) is 0 Å². The van der Waals surface area contributed by atoms with E-state index in [9.17, 15) is 14.0 Å². The summed E-state index contributed by atoms with van der Waals surface area (Å²) in [6.45, 7) is 5.73. The molecule has 2 aliphatic heterocycles. The van der Waals surface area contributed by atoms with E-state index in [1.54, 1.807) is 31.2 Å². The average molecular weight is 394 g/mol. The predicted octanol–water partition coefficient (Wildman–Crippen LogP) is 3.95. The number of fused-ring (bicyclic) bond motifs is 1. The topological polar surface area (TPSA) is 77.5 Å². The lowest BCUT2D eigenvalue weighted by Gasteiger charge is -2.23. The molecule has 1 aromatic carbocycles. The van der Waals surface area contributed by atoms with Gasteiger partial charge in [0.1, 0.15) is 22.9 Å². The van der Waals surface area contributed by atoms with E-state index < -0.39 is 17.4 Å². The van der Waals surface area contributed by atoms with Crippen molar-refractivity contribution >= 4 is 28.7 Å². The Hall–Kier alpha value is -3.48. The van der Waals surface area contributed by atoms with E-state index in [4.69, 9.17) is 9.47 Å². The molecule has 0 radical (unpaired) electrons. The van der Waals surface area contributed by atoms with Crippen molar-refractivity contribution in [3.8, 4) is 0 Å². The Morgan fingerprint density at radius 1 is 1.28 bits per heavy atom. The number of amides is 1. The quantitative estimate of drug-likeness (QED) is 0.630. The van der Waals surface area contributed by atoms with Gasteiger partial charge in [0.25, 0.3) is 5.91 Å². The fourth-order valence-electron chi connectivity index (χ4n) is 3.52. The normalized spacial score (nSPS) is 19.3. The summed E-state index contributed by atoms with van der Waals surface area (Å²) in [7, 11) is 0. The second-order valence-electron chi connectivity index (χ2n) is 7.20. The van der Waals surface area contributed by atoms with Crippen molar-refractivity contribution in [1.29, 1.82) is 0 Å². The minimum absolute atomic E-state index is 0.196. The van der Waals surface area contributed by atoms with Gasteiger partial charge in [-0.2, -0.15) is 0 Å². The number of benzene rings is 1. The van der Waals surface area contributed by atoms with Crippen molar-refractivity contribution in [2.45, 2.75) is 26.4 Å². The van der Waals surface area contributed by atoms with E-state index in [0.29, 0.717) is 22.6 Å². The molecule has 0 saturated heterocycles. The zero-order chi connectivity index (χ0) is 20.8. The molecule has 6 nitrogen and oxygen atoms in total. The lowest BCUT2D eigenvalue weighted by Crippen LogP contribution is -2.21. The fraction of sp³-hybridized carbons (Fsp3) is 0.227. The molecule has 2 aromatic rings. The van der Waals surface area contributed by atoms with Crippen molar-refractivity contribution in [2.75, 3.05) is 11.9 Å². The first-order chi connectivity index (χ1) is 13.8. The van der Waals surface area contributed by atoms with Crippen LogP contribution in [-0.4, -0.2) is 29.1 Å². The average Bonchev–Trinajstić information content (AvgIpc) is 3.16. The molecular formula is C22H19FN2O4. The largest absolute Gasteiger partial charge is 0.482 e. The summed E-state index contributed by atoms with van der Waals surface area (Å²) in [6.07, 6.45) is 3.31. The molecule has 4 rings (SSSR count). The number of carbonyl (C=O) groups excluding carboxylic acids is 2. The van der Waals surface area contributed by atoms with Crippen molar-refractivity contribution in [1.82, 2.24) is 4.98 Å². The molecule has 1 aromatic heterocycles. The smallest absolute Gasteiger partial charge is 0.356 e. The van der Waals surface area contributed by atoms with Crippen LogP contribution in [0.25, 0.3) is 11.1 Å². The number of anilines is 1. The Morgan fingerprint density at radius 3 is 2.83 bits per heavy atom. The molecule has 29 heavy (non-hydrogen) atoms. The van der Waals surface area contributed by atoms with E-state index in [1.165, 1.54) is 18.3 Å². The number of hydrogen-bond donors (Lipinski definition) is 1. The van der Waals surface area contributed by atoms with Gasteiger partial charge in [-0.25, -0.2) is 14.2 Å². The lowest BCUT2D eigenvalue weighted by atomic mass is 9.92. The number of nitrogens with zero attached hydrogens (tertiary/aromatic N) is 1. The number of carbonyl (C=O) groups is 2. The van der Waals surface area contributed by atoms with Crippen LogP contribution in [0.5, 0.6) is 0 Å². The van der Waals surface area contributed by atoms with Crippen LogP contribution >= 0.6 is 0 Å². The Bertz CT molecular complexity index is 1100. The van der Waals surface area contributed by atoms with Crippen LogP contribution in [0.15, 0.2) is 48.4 Å². The molecule has 0 bridgehead atoms. The number of pyridine rings is 1. The van der Waals surface area contributed by atoms with E-state index >= 15 is 0 Å². The first kappa shape index (κ1) is 18.9. The molecule has 0 fully saturated rings. The summed E-state index contributed by atoms with van der Waals surface area (Å²) in [5, 5.41) is 2.67. The number of rotatable bonds is 3. The molecule has 0 saturated carbocycles. The number of aromatic nitrogens is 1. The highest BCUT2D eigenvalue weighted by atomic mass is 19.1. The Labute approximate surface area is 167 Å². The van der Waals surface area contributed by atoms with Crippen LogP contribution in [0.1, 0.15) is 42.4 Å². The molecule has 2 aliphatic rings. The van der Waals surface area contributed by atoms with Gasteiger partial charge < -0.3 is 14.8 Å². The molecule has 1 N–H and O–H groups in total. The molecular weight excluding hydrogens is 375 g/mol. The highest BCUT2D eigenvalue weighted by molar-refractivity contribution is 6.32. The first-order valence-corrected chi connectivity index (χ1v) is 9.20. The summed E-state index contributed by atoms with van der Waals surface area (Å²) >= 11 is 0. The summed E-state index contributed by atoms with van der Waals surface area (Å²) in [6, 6.07) is 7.54. The molecule has 0 unspecified atom stereocenters. The third-order valence-corrected chi connectivity index (χ3v) is 4.82. The SMILES string of the molecule is CCOC(=O)c1cc(C2=C/C(=C3\C(=O)Nc4cc(F)ccc43)OC2(C)C)ccn1. The molecule has 0 aliphatic carbocycles. The summed E-state index contributed by atoms with van der Waals surface area (Å²) in [5.41, 5.74) is 2.32. The number of hydrogen-bond acceptors (Lipinski definition) is 5. The molecule has 3 heterocycles. The van der Waals surface area contributed by atoms with Crippen molar-refractivity contribution < 1.29 is 23.5 Å². The van der Waals surface area contributed by atoms with Gasteiger partial charge >= 0.3 is 5.97 Å². The Morgan fingerprint density at radius 2 is 2.07 bits per heavy atom. The van der Waals surface area contributed by atoms with Gasteiger partial charge in [0, 0.05) is 17.3 Å². The Balaban J connectivity index is 1.80. The molecule has 0 atom stereocenters. The van der Waals surface area contributed by atoms with E-state index in [-0.39, 0.29) is 18.2 Å². The first-order valence-electron chi connectivity index (χ1n) is 9.20. The van der Waals surface area contributed by atoms with Gasteiger partial charge in [-0.15, -0.1) is 0 Å². The third kappa shape index (κ3) is 3.29. The maximum absolute atomic E-state index is 13.5. The number of nitrogens with one attached hydrogen (secondary N) is 1. The monoisotopic (exact) mass is 394 g/mol. The summed E-state index contributed by atoms with van der Waals surface area (Å²) in [4.78, 5) is 28.6. The van der Waals surface area contributed by atoms with Gasteiger partial charge in [0.2, 0.25) is 0 Å². The zero-order valence-electron chi connectivity index (χ0n) is 16.2. The fourth-order valence-corrected chi connectivity index (χ4v) is 3.52. The minimum atomic E-state index is -0.751. The highest BCUT2D eigenvalue weighted by Crippen LogP contribution is 2.44. The van der Waals surface area contributed by atoms with Crippen LogP contribution in [0.3, 0.4) is 0 Å². The van der Waals surface area contributed by atoms with Crippen LogP contribution in [-0.2, 0) is 14.3 Å². The lowest BCUT2D eigenvalue weighted by molar-refractivity contribution is -0.111. The maximum Gasteiger partial charge on any atom is 0.356 e. The standard InChI is InChI=1S/C22H19FN2O4/c1-4-28-21(27)17-9-12(7-8-24-17)15-11-18(29-22(15,2)3)19-14-6-5-13(23)10-16(14)25-20(19)26/h5-11H,4H2,1-3H3,(H,25,26)/b19-18+. The van der Waals surface area contributed by atoms with Crippen molar-refractivity contribution in [3.63, 3.8) is 0 Å². The van der Waals surface area contributed by atoms with Crippen molar-refractivity contribution in [2.24, 2.45) is 0 Å².